The third-order valence-electron chi connectivity index (χ3n) is 8.85. The molecule has 178 valence electrons. The van der Waals surface area contributed by atoms with E-state index in [0.29, 0.717) is 0 Å². The fraction of sp³-hybridized carbons (Fsp3) is 0.643. The van der Waals surface area contributed by atoms with Crippen LogP contribution in [0.1, 0.15) is 69.9 Å². The maximum atomic E-state index is 4.93. The molecule has 0 amide bonds. The molecular formula is C28H42Cl2SZr. The second kappa shape index (κ2) is 13.2. The summed E-state index contributed by atoms with van der Waals surface area (Å²) in [5.41, 5.74) is 4.63. The first-order valence-corrected chi connectivity index (χ1v) is 19.2. The van der Waals surface area contributed by atoms with E-state index < -0.39 is 20.8 Å². The van der Waals surface area contributed by atoms with Crippen LogP contribution >= 0.6 is 28.8 Å². The maximum absolute atomic E-state index is 4.93. The Labute approximate surface area is 221 Å². The molecule has 1 heterocycles. The number of hydrogen-bond acceptors (Lipinski definition) is 1. The summed E-state index contributed by atoms with van der Waals surface area (Å²) in [5.74, 6) is 6.76. The van der Waals surface area contributed by atoms with Crippen LogP contribution in [0.2, 0.25) is 0 Å². The minimum atomic E-state index is -0.826. The van der Waals surface area contributed by atoms with E-state index in [0.717, 1.165) is 46.7 Å². The predicted molar refractivity (Wildman–Crippen MR) is 143 cm³/mol. The molecule has 32 heavy (non-hydrogen) atoms. The van der Waals surface area contributed by atoms with Gasteiger partial charge in [-0.1, -0.05) is 57.4 Å². The van der Waals surface area contributed by atoms with Gasteiger partial charge in [-0.05, 0) is 96.1 Å². The van der Waals surface area contributed by atoms with E-state index in [9.17, 15) is 0 Å². The summed E-state index contributed by atoms with van der Waals surface area (Å²) < 4.78 is 0. The van der Waals surface area contributed by atoms with Crippen LogP contribution in [0.25, 0.3) is 5.57 Å². The van der Waals surface area contributed by atoms with Crippen LogP contribution in [-0.4, -0.2) is 5.25 Å². The van der Waals surface area contributed by atoms with Crippen LogP contribution in [0.4, 0.5) is 0 Å². The number of hydrogen-bond donors (Lipinski definition) is 0. The van der Waals surface area contributed by atoms with Crippen molar-refractivity contribution >= 4 is 34.4 Å². The molecule has 0 radical (unpaired) electrons. The fourth-order valence-electron chi connectivity index (χ4n) is 7.49. The number of thioether (sulfide) groups is 1. The van der Waals surface area contributed by atoms with Crippen LogP contribution in [-0.2, 0) is 20.8 Å². The van der Waals surface area contributed by atoms with Crippen molar-refractivity contribution in [3.8, 4) is 0 Å². The van der Waals surface area contributed by atoms with E-state index in [-0.39, 0.29) is 14.9 Å². The van der Waals surface area contributed by atoms with Gasteiger partial charge in [0, 0.05) is 5.25 Å². The monoisotopic (exact) mass is 570 g/mol. The van der Waals surface area contributed by atoms with E-state index in [4.69, 9.17) is 17.0 Å². The van der Waals surface area contributed by atoms with Crippen molar-refractivity contribution in [3.63, 3.8) is 0 Å². The van der Waals surface area contributed by atoms with Gasteiger partial charge in [0.15, 0.2) is 0 Å². The van der Waals surface area contributed by atoms with Crippen molar-refractivity contribution < 1.29 is 20.8 Å². The number of allylic oxidation sites excluding steroid dienone is 1. The summed E-state index contributed by atoms with van der Waals surface area (Å²) in [5, 5.41) is 3.39. The molecule has 8 unspecified atom stereocenters. The minimum absolute atomic E-state index is 0. The average Bonchev–Trinajstić information content (AvgIpc) is 3.36. The fourth-order valence-corrected chi connectivity index (χ4v) is 9.12. The predicted octanol–water partition coefficient (Wildman–Crippen LogP) is 9.85. The van der Waals surface area contributed by atoms with Crippen LogP contribution in [0.5, 0.6) is 0 Å². The molecule has 3 fully saturated rings. The van der Waals surface area contributed by atoms with Gasteiger partial charge in [0.25, 0.3) is 0 Å². The third-order valence-corrected chi connectivity index (χ3v) is 10.2. The Morgan fingerprint density at radius 3 is 2.34 bits per heavy atom. The second-order valence-corrected chi connectivity index (χ2v) is 15.1. The molecule has 5 rings (SSSR count). The van der Waals surface area contributed by atoms with Crippen LogP contribution < -0.4 is 0 Å². The topological polar surface area (TPSA) is 0 Å². The van der Waals surface area contributed by atoms with Crippen molar-refractivity contribution in [1.82, 2.24) is 0 Å². The standard InChI is InChI=1S/C26H36S.2CH3.2ClH.Zr/c1-16-8-4-6-10-20(16)25-15-27-26-23(18(3)13-24(25)26)14-22-17(2)12-19-9-5-7-11-21(19)22;;;;;/h4,6,8,10,15,17-19,21-24,26H,5,7,9,11-14H2,1-3H3;2*1H3;2*1H;/q;2*-1;;;+4/p-2. The first-order chi connectivity index (χ1) is 14.5. The van der Waals surface area contributed by atoms with Crippen molar-refractivity contribution in [2.24, 2.45) is 41.4 Å². The molecule has 1 aromatic rings. The Morgan fingerprint density at radius 1 is 0.969 bits per heavy atom. The molecule has 1 aliphatic heterocycles. The molecule has 0 bridgehead atoms. The Kier molecular flexibility index (Phi) is 12.0. The Balaban J connectivity index is 0.000000690. The quantitative estimate of drug-likeness (QED) is 0.325. The Morgan fingerprint density at radius 2 is 1.62 bits per heavy atom. The van der Waals surface area contributed by atoms with Gasteiger partial charge in [0.1, 0.15) is 0 Å². The Bertz CT molecular complexity index is 751. The van der Waals surface area contributed by atoms with Gasteiger partial charge in [-0.3, -0.25) is 0 Å². The first kappa shape index (κ1) is 29.0. The summed E-state index contributed by atoms with van der Waals surface area (Å²) in [6, 6.07) is 9.04. The zero-order valence-electron chi connectivity index (χ0n) is 20.6. The van der Waals surface area contributed by atoms with E-state index in [1.54, 1.807) is 5.57 Å². The van der Waals surface area contributed by atoms with Crippen LogP contribution in [0, 0.1) is 63.2 Å². The van der Waals surface area contributed by atoms with Crippen molar-refractivity contribution in [3.05, 3.63) is 55.7 Å². The van der Waals surface area contributed by atoms with Gasteiger partial charge in [0.2, 0.25) is 0 Å². The summed E-state index contributed by atoms with van der Waals surface area (Å²) in [7, 11) is 9.87. The summed E-state index contributed by atoms with van der Waals surface area (Å²) in [4.78, 5) is 0. The summed E-state index contributed by atoms with van der Waals surface area (Å²) >= 11 is 1.36. The normalized spacial score (nSPS) is 37.0. The van der Waals surface area contributed by atoms with E-state index in [1.165, 1.54) is 56.1 Å². The van der Waals surface area contributed by atoms with Gasteiger partial charge < -0.3 is 14.9 Å². The van der Waals surface area contributed by atoms with E-state index >= 15 is 0 Å². The molecule has 0 saturated heterocycles. The molecule has 1 aromatic carbocycles. The molecule has 4 heteroatoms. The molecule has 3 saturated carbocycles. The number of halogens is 2. The molecule has 0 aromatic heterocycles. The molecule has 0 nitrogen and oxygen atoms in total. The number of aryl methyl sites for hydroxylation is 1. The third kappa shape index (κ3) is 5.94. The van der Waals surface area contributed by atoms with Gasteiger partial charge in [-0.25, -0.2) is 0 Å². The van der Waals surface area contributed by atoms with Crippen LogP contribution in [0.15, 0.2) is 29.7 Å². The SMILES string of the molecule is Cc1ccccc1C1=CSC2C1CC(C)C2CC1C(C)CC2CCCCC21.[CH3-].[CH3-].[Cl][Zr+2][Cl]. The number of fused-ring (bicyclic) bond motifs is 2. The summed E-state index contributed by atoms with van der Waals surface area (Å²) in [6.07, 6.45) is 10.5. The van der Waals surface area contributed by atoms with Crippen LogP contribution in [0.3, 0.4) is 0 Å². The van der Waals surface area contributed by atoms with E-state index in [1.807, 2.05) is 0 Å². The summed E-state index contributed by atoms with van der Waals surface area (Å²) in [6.45, 7) is 7.43. The average molecular weight is 573 g/mol. The molecule has 0 spiro atoms. The van der Waals surface area contributed by atoms with Gasteiger partial charge in [0.05, 0.1) is 0 Å². The van der Waals surface area contributed by atoms with E-state index in [2.05, 4.69) is 62.2 Å². The van der Waals surface area contributed by atoms with Crippen molar-refractivity contribution in [2.45, 2.75) is 71.0 Å². The first-order valence-electron chi connectivity index (χ1n) is 11.9. The Hall–Kier alpha value is 0.773. The second-order valence-electron chi connectivity index (χ2n) is 10.4. The molecule has 8 atom stereocenters. The molecule has 4 aliphatic rings. The van der Waals surface area contributed by atoms with Crippen molar-refractivity contribution in [2.75, 3.05) is 0 Å². The molecule has 0 N–H and O–H groups in total. The van der Waals surface area contributed by atoms with Gasteiger partial charge in [-0.15, -0.1) is 11.8 Å². The number of benzene rings is 1. The zero-order valence-corrected chi connectivity index (χ0v) is 25.4. The zero-order chi connectivity index (χ0) is 21.3. The van der Waals surface area contributed by atoms with Crippen molar-refractivity contribution in [1.29, 1.82) is 0 Å². The molecule has 3 aliphatic carbocycles. The molecular weight excluding hydrogens is 531 g/mol. The number of rotatable bonds is 3. The van der Waals surface area contributed by atoms with Gasteiger partial charge >= 0.3 is 37.9 Å². The van der Waals surface area contributed by atoms with Gasteiger partial charge in [-0.2, -0.15) is 0 Å².